The van der Waals surface area contributed by atoms with E-state index in [-0.39, 0.29) is 11.9 Å². The molecule has 0 aromatic heterocycles. The molecular weight excluding hydrogens is 242 g/mol. The molecule has 102 valence electrons. The van der Waals surface area contributed by atoms with Gasteiger partial charge in [-0.05, 0) is 19.4 Å². The van der Waals surface area contributed by atoms with Crippen molar-refractivity contribution in [1.82, 2.24) is 5.32 Å². The summed E-state index contributed by atoms with van der Waals surface area (Å²) in [6.45, 7) is 6.01. The first-order valence-electron chi connectivity index (χ1n) is 6.50. The minimum absolute atomic E-state index is 0.109. The summed E-state index contributed by atoms with van der Waals surface area (Å²) in [5.74, 6) is -0.473. The van der Waals surface area contributed by atoms with Crippen molar-refractivity contribution in [3.05, 3.63) is 35.4 Å². The number of ether oxygens (including phenoxy) is 1. The first kappa shape index (κ1) is 13.6. The summed E-state index contributed by atoms with van der Waals surface area (Å²) in [7, 11) is 0. The third-order valence-electron chi connectivity index (χ3n) is 3.67. The molecule has 1 saturated heterocycles. The van der Waals surface area contributed by atoms with Crippen LogP contribution in [0.25, 0.3) is 0 Å². The Bertz CT molecular complexity index is 512. The molecule has 1 amide bonds. The van der Waals surface area contributed by atoms with Crippen LogP contribution >= 0.6 is 0 Å². The molecule has 1 fully saturated rings. The van der Waals surface area contributed by atoms with Gasteiger partial charge in [0.2, 0.25) is 5.91 Å². The maximum absolute atomic E-state index is 12.0. The van der Waals surface area contributed by atoms with E-state index in [0.29, 0.717) is 13.0 Å². The highest BCUT2D eigenvalue weighted by molar-refractivity contribution is 5.91. The molecule has 2 rings (SSSR count). The van der Waals surface area contributed by atoms with E-state index >= 15 is 0 Å². The number of rotatable bonds is 3. The van der Waals surface area contributed by atoms with Crippen LogP contribution in [0.3, 0.4) is 0 Å². The Kier molecular flexibility index (Phi) is 3.60. The van der Waals surface area contributed by atoms with Crippen molar-refractivity contribution < 1.29 is 14.3 Å². The summed E-state index contributed by atoms with van der Waals surface area (Å²) >= 11 is 0. The van der Waals surface area contributed by atoms with Crippen LogP contribution in [0.2, 0.25) is 0 Å². The van der Waals surface area contributed by atoms with E-state index in [1.54, 1.807) is 6.92 Å². The number of carbonyl (C=O) groups excluding carboxylic acids is 2. The van der Waals surface area contributed by atoms with Gasteiger partial charge in [0, 0.05) is 11.8 Å². The molecule has 4 nitrogen and oxygen atoms in total. The zero-order valence-electron chi connectivity index (χ0n) is 11.5. The van der Waals surface area contributed by atoms with Gasteiger partial charge in [-0.15, -0.1) is 0 Å². The third kappa shape index (κ3) is 2.48. The molecule has 1 heterocycles. The molecule has 1 aliphatic heterocycles. The van der Waals surface area contributed by atoms with Gasteiger partial charge in [0.1, 0.15) is 6.04 Å². The zero-order valence-corrected chi connectivity index (χ0v) is 11.5. The number of hydrogen-bond donors (Lipinski definition) is 1. The van der Waals surface area contributed by atoms with Crippen molar-refractivity contribution in [3.8, 4) is 0 Å². The maximum Gasteiger partial charge on any atom is 0.329 e. The molecule has 1 N–H and O–H groups in total. The predicted molar refractivity (Wildman–Crippen MR) is 71.7 cm³/mol. The standard InChI is InChI=1S/C15H19NO3/c1-4-19-14(18)13-15(3,9-12(17)16-13)11-7-5-6-10(2)8-11/h5-8,13H,4,9H2,1-3H3,(H,16,17). The van der Waals surface area contributed by atoms with Crippen molar-refractivity contribution >= 4 is 11.9 Å². The molecule has 4 heteroatoms. The SMILES string of the molecule is CCOC(=O)C1NC(=O)CC1(C)c1cccc(C)c1. The van der Waals surface area contributed by atoms with Gasteiger partial charge in [-0.2, -0.15) is 0 Å². The smallest absolute Gasteiger partial charge is 0.329 e. The highest BCUT2D eigenvalue weighted by Crippen LogP contribution is 2.36. The molecule has 1 aromatic rings. The van der Waals surface area contributed by atoms with Gasteiger partial charge in [-0.1, -0.05) is 36.8 Å². The summed E-state index contributed by atoms with van der Waals surface area (Å²) in [4.78, 5) is 23.7. The lowest BCUT2D eigenvalue weighted by Crippen LogP contribution is -2.45. The molecule has 0 radical (unpaired) electrons. The van der Waals surface area contributed by atoms with Gasteiger partial charge in [0.05, 0.1) is 6.61 Å². The first-order chi connectivity index (χ1) is 8.97. The van der Waals surface area contributed by atoms with Crippen LogP contribution in [0.15, 0.2) is 24.3 Å². The third-order valence-corrected chi connectivity index (χ3v) is 3.67. The fraction of sp³-hybridized carbons (Fsp3) is 0.467. The highest BCUT2D eigenvalue weighted by atomic mass is 16.5. The van der Waals surface area contributed by atoms with Crippen molar-refractivity contribution in [2.24, 2.45) is 0 Å². The lowest BCUT2D eigenvalue weighted by molar-refractivity contribution is -0.147. The van der Waals surface area contributed by atoms with E-state index in [1.807, 2.05) is 38.1 Å². The second-order valence-electron chi connectivity index (χ2n) is 5.22. The minimum Gasteiger partial charge on any atom is -0.464 e. The molecule has 2 atom stereocenters. The fourth-order valence-electron chi connectivity index (χ4n) is 2.62. The van der Waals surface area contributed by atoms with Crippen LogP contribution in [0, 0.1) is 6.92 Å². The zero-order chi connectivity index (χ0) is 14.0. The number of benzene rings is 1. The summed E-state index contributed by atoms with van der Waals surface area (Å²) in [5.41, 5.74) is 1.56. The molecule has 0 bridgehead atoms. The fourth-order valence-corrected chi connectivity index (χ4v) is 2.62. The average Bonchev–Trinajstić information content (AvgIpc) is 2.66. The highest BCUT2D eigenvalue weighted by Gasteiger charge is 2.49. The van der Waals surface area contributed by atoms with Gasteiger partial charge in [-0.25, -0.2) is 4.79 Å². The molecule has 0 spiro atoms. The number of hydrogen-bond acceptors (Lipinski definition) is 3. The quantitative estimate of drug-likeness (QED) is 0.843. The normalized spacial score (nSPS) is 26.1. The van der Waals surface area contributed by atoms with Crippen LogP contribution in [-0.4, -0.2) is 24.5 Å². The Hall–Kier alpha value is -1.84. The van der Waals surface area contributed by atoms with E-state index in [4.69, 9.17) is 4.74 Å². The van der Waals surface area contributed by atoms with Gasteiger partial charge in [0.25, 0.3) is 0 Å². The summed E-state index contributed by atoms with van der Waals surface area (Å²) in [6.07, 6.45) is 0.305. The minimum atomic E-state index is -0.609. The van der Waals surface area contributed by atoms with Crippen LogP contribution < -0.4 is 5.32 Å². The summed E-state index contributed by atoms with van der Waals surface area (Å²) in [6, 6.07) is 7.31. The molecular formula is C15H19NO3. The van der Waals surface area contributed by atoms with Gasteiger partial charge >= 0.3 is 5.97 Å². The number of nitrogens with one attached hydrogen (secondary N) is 1. The number of aryl methyl sites for hydroxylation is 1. The molecule has 1 aromatic carbocycles. The Morgan fingerprint density at radius 3 is 2.89 bits per heavy atom. The first-order valence-corrected chi connectivity index (χ1v) is 6.50. The average molecular weight is 261 g/mol. The van der Waals surface area contributed by atoms with E-state index < -0.39 is 11.5 Å². The second-order valence-corrected chi connectivity index (χ2v) is 5.22. The Balaban J connectivity index is 2.38. The molecule has 2 unspecified atom stereocenters. The maximum atomic E-state index is 12.0. The largest absolute Gasteiger partial charge is 0.464 e. The van der Waals surface area contributed by atoms with Crippen molar-refractivity contribution in [1.29, 1.82) is 0 Å². The molecule has 19 heavy (non-hydrogen) atoms. The van der Waals surface area contributed by atoms with Crippen molar-refractivity contribution in [2.45, 2.75) is 38.6 Å². The van der Waals surface area contributed by atoms with Crippen molar-refractivity contribution in [3.63, 3.8) is 0 Å². The van der Waals surface area contributed by atoms with Gasteiger partial charge in [-0.3, -0.25) is 4.79 Å². The van der Waals surface area contributed by atoms with Gasteiger partial charge in [0.15, 0.2) is 0 Å². The lowest BCUT2D eigenvalue weighted by Gasteiger charge is -2.29. The van der Waals surface area contributed by atoms with E-state index in [0.717, 1.165) is 11.1 Å². The summed E-state index contributed by atoms with van der Waals surface area (Å²) < 4.78 is 5.07. The van der Waals surface area contributed by atoms with Crippen molar-refractivity contribution in [2.75, 3.05) is 6.61 Å². The topological polar surface area (TPSA) is 55.4 Å². The van der Waals surface area contributed by atoms with Crippen LogP contribution in [0.5, 0.6) is 0 Å². The molecule has 0 aliphatic carbocycles. The molecule has 0 saturated carbocycles. The predicted octanol–water partition coefficient (Wildman–Crippen LogP) is 1.70. The Morgan fingerprint density at radius 2 is 2.26 bits per heavy atom. The van der Waals surface area contributed by atoms with E-state index in [1.165, 1.54) is 0 Å². The van der Waals surface area contributed by atoms with E-state index in [9.17, 15) is 9.59 Å². The van der Waals surface area contributed by atoms with Crippen LogP contribution in [0.1, 0.15) is 31.4 Å². The second kappa shape index (κ2) is 5.03. The number of carbonyl (C=O) groups is 2. The lowest BCUT2D eigenvalue weighted by atomic mass is 9.75. The Morgan fingerprint density at radius 1 is 1.53 bits per heavy atom. The van der Waals surface area contributed by atoms with E-state index in [2.05, 4.69) is 5.32 Å². The number of esters is 1. The Labute approximate surface area is 113 Å². The number of amides is 1. The van der Waals surface area contributed by atoms with Crippen LogP contribution in [-0.2, 0) is 19.7 Å². The summed E-state index contributed by atoms with van der Waals surface area (Å²) in [5, 5.41) is 2.73. The monoisotopic (exact) mass is 261 g/mol. The van der Waals surface area contributed by atoms with Gasteiger partial charge < -0.3 is 10.1 Å². The molecule has 1 aliphatic rings. The van der Waals surface area contributed by atoms with Crippen LogP contribution in [0.4, 0.5) is 0 Å².